The molecule has 2 heterocycles. The summed E-state index contributed by atoms with van der Waals surface area (Å²) in [6.45, 7) is 4.91. The molecule has 2 N–H and O–H groups in total. The minimum absolute atomic E-state index is 0.129. The Hall–Kier alpha value is -1.62. The molecule has 0 spiro atoms. The second-order valence-electron chi connectivity index (χ2n) is 4.94. The first-order chi connectivity index (χ1) is 8.49. The van der Waals surface area contributed by atoms with E-state index in [2.05, 4.69) is 4.98 Å². The Morgan fingerprint density at radius 3 is 2.94 bits per heavy atom. The van der Waals surface area contributed by atoms with Crippen molar-refractivity contribution in [3.63, 3.8) is 0 Å². The Bertz CT molecular complexity index is 462. The van der Waals surface area contributed by atoms with Crippen LogP contribution in [0.4, 0.5) is 0 Å². The van der Waals surface area contributed by atoms with Crippen molar-refractivity contribution in [3.05, 3.63) is 23.5 Å². The highest BCUT2D eigenvalue weighted by atomic mass is 16.4. The molecule has 0 aromatic carbocycles. The molecule has 2 atom stereocenters. The van der Waals surface area contributed by atoms with Gasteiger partial charge in [0, 0.05) is 12.2 Å². The number of carbonyl (C=O) groups is 1. The third kappa shape index (κ3) is 2.46. The van der Waals surface area contributed by atoms with Gasteiger partial charge in [-0.2, -0.15) is 0 Å². The highest BCUT2D eigenvalue weighted by Crippen LogP contribution is 2.27. The van der Waals surface area contributed by atoms with E-state index >= 15 is 0 Å². The first kappa shape index (κ1) is 12.8. The Labute approximate surface area is 106 Å². The Kier molecular flexibility index (Phi) is 3.52. The van der Waals surface area contributed by atoms with Crippen LogP contribution in [0.25, 0.3) is 0 Å². The van der Waals surface area contributed by atoms with E-state index in [0.717, 1.165) is 18.7 Å². The molecule has 98 valence electrons. The molecule has 5 heteroatoms. The number of aromatic hydroxyl groups is 1. The van der Waals surface area contributed by atoms with E-state index in [1.165, 1.54) is 0 Å². The Balaban J connectivity index is 2.18. The summed E-state index contributed by atoms with van der Waals surface area (Å²) in [5, 5.41) is 19.0. The van der Waals surface area contributed by atoms with Gasteiger partial charge in [-0.1, -0.05) is 6.92 Å². The lowest BCUT2D eigenvalue weighted by Gasteiger charge is -2.23. The number of pyridine rings is 1. The summed E-state index contributed by atoms with van der Waals surface area (Å²) in [4.78, 5) is 17.4. The van der Waals surface area contributed by atoms with Gasteiger partial charge in [-0.15, -0.1) is 0 Å². The number of aliphatic carboxylic acids is 1. The van der Waals surface area contributed by atoms with Crippen molar-refractivity contribution in [3.8, 4) is 5.75 Å². The monoisotopic (exact) mass is 250 g/mol. The van der Waals surface area contributed by atoms with Gasteiger partial charge in [-0.05, 0) is 37.9 Å². The van der Waals surface area contributed by atoms with Gasteiger partial charge in [0.15, 0.2) is 0 Å². The molecule has 0 amide bonds. The van der Waals surface area contributed by atoms with Crippen molar-refractivity contribution in [2.75, 3.05) is 6.54 Å². The molecule has 1 aromatic heterocycles. The molecule has 0 saturated carbocycles. The minimum atomic E-state index is -0.799. The number of hydrogen-bond acceptors (Lipinski definition) is 4. The smallest absolute Gasteiger partial charge is 0.321 e. The molecule has 1 aliphatic rings. The Morgan fingerprint density at radius 2 is 2.28 bits per heavy atom. The molecular weight excluding hydrogens is 232 g/mol. The lowest BCUT2D eigenvalue weighted by Crippen LogP contribution is -2.38. The van der Waals surface area contributed by atoms with Gasteiger partial charge >= 0.3 is 5.97 Å². The molecule has 5 nitrogen and oxygen atoms in total. The number of aryl methyl sites for hydroxylation is 1. The van der Waals surface area contributed by atoms with Crippen LogP contribution < -0.4 is 0 Å². The van der Waals surface area contributed by atoms with E-state index < -0.39 is 12.0 Å². The van der Waals surface area contributed by atoms with Crippen molar-refractivity contribution >= 4 is 5.97 Å². The van der Waals surface area contributed by atoms with E-state index in [1.807, 2.05) is 18.7 Å². The average Bonchev–Trinajstić information content (AvgIpc) is 2.65. The van der Waals surface area contributed by atoms with Crippen LogP contribution in [-0.2, 0) is 11.3 Å². The van der Waals surface area contributed by atoms with Crippen LogP contribution in [0.2, 0.25) is 0 Å². The molecule has 0 bridgehead atoms. The van der Waals surface area contributed by atoms with Gasteiger partial charge in [-0.25, -0.2) is 0 Å². The van der Waals surface area contributed by atoms with E-state index in [9.17, 15) is 15.0 Å². The fraction of sp³-hybridized carbons (Fsp3) is 0.538. The van der Waals surface area contributed by atoms with E-state index in [4.69, 9.17) is 0 Å². The van der Waals surface area contributed by atoms with Crippen LogP contribution in [-0.4, -0.2) is 38.7 Å². The summed E-state index contributed by atoms with van der Waals surface area (Å²) in [6.07, 6.45) is 0.865. The lowest BCUT2D eigenvalue weighted by molar-refractivity contribution is -0.143. The Morgan fingerprint density at radius 1 is 1.56 bits per heavy atom. The fourth-order valence-electron chi connectivity index (χ4n) is 2.52. The van der Waals surface area contributed by atoms with E-state index in [0.29, 0.717) is 12.2 Å². The summed E-state index contributed by atoms with van der Waals surface area (Å²) < 4.78 is 0. The number of rotatable bonds is 3. The maximum Gasteiger partial charge on any atom is 0.321 e. The van der Waals surface area contributed by atoms with Crippen molar-refractivity contribution in [2.45, 2.75) is 32.9 Å². The predicted octanol–water partition coefficient (Wildman–Crippen LogP) is 1.39. The molecule has 1 fully saturated rings. The number of nitrogens with zero attached hydrogens (tertiary/aromatic N) is 2. The van der Waals surface area contributed by atoms with Crippen LogP contribution in [0.5, 0.6) is 5.75 Å². The molecular formula is C13H18N2O3. The van der Waals surface area contributed by atoms with Crippen molar-refractivity contribution in [1.82, 2.24) is 9.88 Å². The van der Waals surface area contributed by atoms with Gasteiger partial charge in [0.25, 0.3) is 0 Å². The molecule has 0 radical (unpaired) electrons. The van der Waals surface area contributed by atoms with Gasteiger partial charge in [0.2, 0.25) is 0 Å². The average molecular weight is 250 g/mol. The zero-order valence-corrected chi connectivity index (χ0v) is 10.6. The van der Waals surface area contributed by atoms with Crippen LogP contribution in [0.1, 0.15) is 24.7 Å². The van der Waals surface area contributed by atoms with Crippen LogP contribution in [0, 0.1) is 12.8 Å². The summed E-state index contributed by atoms with van der Waals surface area (Å²) in [5.41, 5.74) is 1.37. The molecule has 0 aliphatic carbocycles. The van der Waals surface area contributed by atoms with Gasteiger partial charge in [-0.3, -0.25) is 14.7 Å². The standard InChI is InChI=1S/C13H18N2O3/c1-8-5-6-15(12(8)13(17)18)7-10-11(16)4-3-9(2)14-10/h3-4,8,12,16H,5-7H2,1-2H3,(H,17,18). The molecule has 1 saturated heterocycles. The number of likely N-dealkylation sites (tertiary alicyclic amines) is 1. The first-order valence-electron chi connectivity index (χ1n) is 6.11. The summed E-state index contributed by atoms with van der Waals surface area (Å²) in [6, 6.07) is 2.86. The van der Waals surface area contributed by atoms with Crippen LogP contribution in [0.15, 0.2) is 12.1 Å². The largest absolute Gasteiger partial charge is 0.506 e. The second-order valence-corrected chi connectivity index (χ2v) is 4.94. The quantitative estimate of drug-likeness (QED) is 0.848. The molecule has 1 aliphatic heterocycles. The lowest BCUT2D eigenvalue weighted by atomic mass is 10.0. The predicted molar refractivity (Wildman–Crippen MR) is 66.3 cm³/mol. The third-order valence-electron chi connectivity index (χ3n) is 3.50. The molecule has 2 unspecified atom stereocenters. The van der Waals surface area contributed by atoms with Crippen LogP contribution in [0.3, 0.4) is 0 Å². The first-order valence-corrected chi connectivity index (χ1v) is 6.11. The van der Waals surface area contributed by atoms with Crippen LogP contribution >= 0.6 is 0 Å². The number of aromatic nitrogens is 1. The second kappa shape index (κ2) is 4.94. The highest BCUT2D eigenvalue weighted by Gasteiger charge is 2.36. The number of carboxylic acid groups (broad SMARTS) is 1. The fourth-order valence-corrected chi connectivity index (χ4v) is 2.52. The van der Waals surface area contributed by atoms with Gasteiger partial charge in [0.05, 0.1) is 5.69 Å². The normalized spacial score (nSPS) is 24.3. The maximum atomic E-state index is 11.2. The number of hydrogen-bond donors (Lipinski definition) is 2. The van der Waals surface area contributed by atoms with Crippen molar-refractivity contribution in [2.24, 2.45) is 5.92 Å². The van der Waals surface area contributed by atoms with Crippen molar-refractivity contribution < 1.29 is 15.0 Å². The SMILES string of the molecule is Cc1ccc(O)c(CN2CCC(C)C2C(=O)O)n1. The zero-order valence-electron chi connectivity index (χ0n) is 10.6. The van der Waals surface area contributed by atoms with Gasteiger partial charge in [0.1, 0.15) is 11.8 Å². The molecule has 1 aromatic rings. The zero-order chi connectivity index (χ0) is 13.3. The number of carboxylic acids is 1. The van der Waals surface area contributed by atoms with Crippen molar-refractivity contribution in [1.29, 1.82) is 0 Å². The molecule has 2 rings (SSSR count). The summed E-state index contributed by atoms with van der Waals surface area (Å²) in [5.74, 6) is -0.536. The maximum absolute atomic E-state index is 11.2. The highest BCUT2D eigenvalue weighted by molar-refractivity contribution is 5.74. The summed E-state index contributed by atoms with van der Waals surface area (Å²) >= 11 is 0. The van der Waals surface area contributed by atoms with Gasteiger partial charge < -0.3 is 10.2 Å². The minimum Gasteiger partial charge on any atom is -0.506 e. The van der Waals surface area contributed by atoms with E-state index in [1.54, 1.807) is 12.1 Å². The van der Waals surface area contributed by atoms with E-state index in [-0.39, 0.29) is 11.7 Å². The third-order valence-corrected chi connectivity index (χ3v) is 3.50. The summed E-state index contributed by atoms with van der Waals surface area (Å²) in [7, 11) is 0. The topological polar surface area (TPSA) is 73.7 Å². The molecule has 18 heavy (non-hydrogen) atoms.